The molecule has 1 amide bonds. The van der Waals surface area contributed by atoms with Crippen LogP contribution < -0.4 is 5.14 Å². The molecule has 6 nitrogen and oxygen atoms in total. The molecule has 0 radical (unpaired) electrons. The van der Waals surface area contributed by atoms with Crippen molar-refractivity contribution in [2.24, 2.45) is 5.14 Å². The molecule has 1 aliphatic rings. The normalized spacial score (nSPS) is 17.8. The number of carbonyl (C=O) groups is 1. The number of likely N-dealkylation sites (tertiary alicyclic amines) is 1. The molecule has 2 N–H and O–H groups in total. The first-order valence-corrected chi connectivity index (χ1v) is 11.5. The fourth-order valence-corrected chi connectivity index (χ4v) is 5.22. The Kier molecular flexibility index (Phi) is 5.18. The number of nitrogens with two attached hydrogens (primary N) is 1. The van der Waals surface area contributed by atoms with Gasteiger partial charge in [-0.3, -0.25) is 4.79 Å². The van der Waals surface area contributed by atoms with Gasteiger partial charge in [-0.1, -0.05) is 24.3 Å². The van der Waals surface area contributed by atoms with Crippen molar-refractivity contribution in [1.29, 1.82) is 0 Å². The maximum Gasteiger partial charge on any atom is 0.238 e. The van der Waals surface area contributed by atoms with Crippen LogP contribution in [-0.4, -0.2) is 30.8 Å². The van der Waals surface area contributed by atoms with E-state index in [4.69, 9.17) is 10.1 Å². The molecule has 1 fully saturated rings. The van der Waals surface area contributed by atoms with Crippen molar-refractivity contribution >= 4 is 37.5 Å². The summed E-state index contributed by atoms with van der Waals surface area (Å²) in [7, 11) is -3.73. The molecular weight excluding hydrogens is 394 g/mol. The summed E-state index contributed by atoms with van der Waals surface area (Å²) in [6.45, 7) is 0.717. The summed E-state index contributed by atoms with van der Waals surface area (Å²) in [5.41, 5.74) is 1.74. The van der Waals surface area contributed by atoms with Gasteiger partial charge in [0.1, 0.15) is 5.01 Å². The van der Waals surface area contributed by atoms with Crippen molar-refractivity contribution in [3.05, 3.63) is 59.1 Å². The van der Waals surface area contributed by atoms with Crippen LogP contribution in [0.3, 0.4) is 0 Å². The summed E-state index contributed by atoms with van der Waals surface area (Å²) in [6.07, 6.45) is 3.20. The zero-order chi connectivity index (χ0) is 19.7. The Morgan fingerprint density at radius 2 is 1.89 bits per heavy atom. The van der Waals surface area contributed by atoms with Gasteiger partial charge >= 0.3 is 0 Å². The third-order valence-corrected chi connectivity index (χ3v) is 7.09. The molecule has 28 heavy (non-hydrogen) atoms. The van der Waals surface area contributed by atoms with Crippen molar-refractivity contribution in [2.75, 3.05) is 6.54 Å². The largest absolute Gasteiger partial charge is 0.333 e. The lowest BCUT2D eigenvalue weighted by atomic mass is 10.0. The zero-order valence-electron chi connectivity index (χ0n) is 15.2. The first kappa shape index (κ1) is 19.0. The highest BCUT2D eigenvalue weighted by atomic mass is 32.2. The summed E-state index contributed by atoms with van der Waals surface area (Å²) in [5.74, 6) is 0.0345. The van der Waals surface area contributed by atoms with Gasteiger partial charge in [0.05, 0.1) is 27.6 Å². The highest BCUT2D eigenvalue weighted by Gasteiger charge is 2.30. The van der Waals surface area contributed by atoms with Crippen molar-refractivity contribution in [3.63, 3.8) is 0 Å². The minimum atomic E-state index is -3.73. The number of hydrogen-bond acceptors (Lipinski definition) is 5. The second-order valence-electron chi connectivity index (χ2n) is 6.98. The van der Waals surface area contributed by atoms with E-state index in [0.29, 0.717) is 6.54 Å². The lowest BCUT2D eigenvalue weighted by Crippen LogP contribution is -2.39. The van der Waals surface area contributed by atoms with E-state index >= 15 is 0 Å². The second kappa shape index (κ2) is 7.62. The number of fused-ring (bicyclic) bond motifs is 1. The van der Waals surface area contributed by atoms with Crippen molar-refractivity contribution < 1.29 is 13.2 Å². The van der Waals surface area contributed by atoms with Crippen molar-refractivity contribution in [3.8, 4) is 0 Å². The predicted octanol–water partition coefficient (Wildman–Crippen LogP) is 3.24. The van der Waals surface area contributed by atoms with E-state index in [-0.39, 0.29) is 23.3 Å². The molecule has 0 saturated carbocycles. The Hall–Kier alpha value is -2.29. The van der Waals surface area contributed by atoms with E-state index in [9.17, 15) is 13.2 Å². The molecule has 146 valence electrons. The Morgan fingerprint density at radius 1 is 1.14 bits per heavy atom. The molecule has 3 aromatic rings. The number of primary sulfonamides is 1. The smallest absolute Gasteiger partial charge is 0.238 e. The number of aromatic nitrogens is 1. The fourth-order valence-electron chi connectivity index (χ4n) is 3.59. The van der Waals surface area contributed by atoms with Crippen LogP contribution in [0.2, 0.25) is 0 Å². The third-order valence-electron chi connectivity index (χ3n) is 5.03. The number of piperidine rings is 1. The van der Waals surface area contributed by atoms with Crippen LogP contribution in [0.25, 0.3) is 10.2 Å². The molecule has 0 spiro atoms. The van der Waals surface area contributed by atoms with Crippen molar-refractivity contribution in [2.45, 2.75) is 36.6 Å². The second-order valence-corrected chi connectivity index (χ2v) is 9.61. The van der Waals surface area contributed by atoms with Gasteiger partial charge in [0.25, 0.3) is 0 Å². The van der Waals surface area contributed by atoms with E-state index in [2.05, 4.69) is 6.07 Å². The molecule has 0 aliphatic carbocycles. The minimum Gasteiger partial charge on any atom is -0.333 e. The van der Waals surface area contributed by atoms with E-state index in [0.717, 1.165) is 40.1 Å². The number of thiazole rings is 1. The highest BCUT2D eigenvalue weighted by molar-refractivity contribution is 7.89. The summed E-state index contributed by atoms with van der Waals surface area (Å²) in [5, 5.41) is 6.12. The van der Waals surface area contributed by atoms with Gasteiger partial charge in [-0.15, -0.1) is 11.3 Å². The molecule has 2 aromatic carbocycles. The topological polar surface area (TPSA) is 93.4 Å². The Balaban J connectivity index is 1.54. The fraction of sp³-hybridized carbons (Fsp3) is 0.300. The van der Waals surface area contributed by atoms with E-state index in [1.807, 2.05) is 23.1 Å². The van der Waals surface area contributed by atoms with Crippen LogP contribution in [0.15, 0.2) is 53.4 Å². The van der Waals surface area contributed by atoms with E-state index in [1.165, 1.54) is 12.1 Å². The lowest BCUT2D eigenvalue weighted by molar-refractivity contribution is -0.134. The quantitative estimate of drug-likeness (QED) is 0.708. The molecule has 2 heterocycles. The Labute approximate surface area is 168 Å². The number of para-hydroxylation sites is 1. The average Bonchev–Trinajstić information content (AvgIpc) is 3.12. The number of hydrogen-bond donors (Lipinski definition) is 1. The van der Waals surface area contributed by atoms with Crippen LogP contribution in [0.4, 0.5) is 0 Å². The van der Waals surface area contributed by atoms with Gasteiger partial charge in [-0.25, -0.2) is 18.5 Å². The van der Waals surface area contributed by atoms with Gasteiger partial charge in [0, 0.05) is 6.54 Å². The van der Waals surface area contributed by atoms with Gasteiger partial charge in [-0.2, -0.15) is 0 Å². The van der Waals surface area contributed by atoms with Crippen molar-refractivity contribution in [1.82, 2.24) is 9.88 Å². The molecule has 1 saturated heterocycles. The summed E-state index contributed by atoms with van der Waals surface area (Å²) >= 11 is 1.65. The summed E-state index contributed by atoms with van der Waals surface area (Å²) in [4.78, 5) is 19.7. The SMILES string of the molecule is NS(=O)(=O)c1ccc(CC(=O)N2CCCCC2c2nc3ccccc3s2)cc1. The predicted molar refractivity (Wildman–Crippen MR) is 109 cm³/mol. The van der Waals surface area contributed by atoms with Crippen LogP contribution in [0.1, 0.15) is 35.9 Å². The minimum absolute atomic E-state index is 0.00217. The molecule has 4 rings (SSSR count). The molecule has 1 unspecified atom stereocenters. The summed E-state index contributed by atoms with van der Waals surface area (Å²) in [6, 6.07) is 14.2. The number of carbonyl (C=O) groups excluding carboxylic acids is 1. The lowest BCUT2D eigenvalue weighted by Gasteiger charge is -2.34. The number of amides is 1. The highest BCUT2D eigenvalue weighted by Crippen LogP contribution is 2.36. The van der Waals surface area contributed by atoms with Crippen LogP contribution >= 0.6 is 11.3 Å². The average molecular weight is 416 g/mol. The monoisotopic (exact) mass is 415 g/mol. The van der Waals surface area contributed by atoms with Gasteiger partial charge in [0.2, 0.25) is 15.9 Å². The molecule has 0 bridgehead atoms. The van der Waals surface area contributed by atoms with E-state index < -0.39 is 10.0 Å². The van der Waals surface area contributed by atoms with Gasteiger partial charge in [-0.05, 0) is 49.1 Å². The van der Waals surface area contributed by atoms with Gasteiger partial charge < -0.3 is 4.90 Å². The Morgan fingerprint density at radius 3 is 2.61 bits per heavy atom. The third kappa shape index (κ3) is 3.94. The Bertz CT molecular complexity index is 1070. The zero-order valence-corrected chi connectivity index (χ0v) is 16.9. The first-order valence-electron chi connectivity index (χ1n) is 9.18. The molecule has 1 aromatic heterocycles. The maximum atomic E-state index is 13.0. The van der Waals surface area contributed by atoms with E-state index in [1.54, 1.807) is 23.5 Å². The summed E-state index contributed by atoms with van der Waals surface area (Å²) < 4.78 is 23.9. The molecular formula is C20H21N3O3S2. The standard InChI is InChI=1S/C20H21N3O3S2/c21-28(25,26)15-10-8-14(9-11-15)13-19(24)23-12-4-3-6-17(23)20-22-16-5-1-2-7-18(16)27-20/h1-2,5,7-11,17H,3-4,6,12-13H2,(H2,21,25,26). The van der Waals surface area contributed by atoms with Crippen LogP contribution in [0.5, 0.6) is 0 Å². The molecule has 8 heteroatoms. The molecule has 1 aliphatic heterocycles. The number of rotatable bonds is 4. The van der Waals surface area contributed by atoms with Gasteiger partial charge in [0.15, 0.2) is 0 Å². The number of benzene rings is 2. The van der Waals surface area contributed by atoms with Crippen LogP contribution in [-0.2, 0) is 21.2 Å². The number of sulfonamides is 1. The van der Waals surface area contributed by atoms with Crippen LogP contribution in [0, 0.1) is 0 Å². The first-order chi connectivity index (χ1) is 13.4. The maximum absolute atomic E-state index is 13.0. The molecule has 1 atom stereocenters. The number of nitrogens with zero attached hydrogens (tertiary/aromatic N) is 2.